The highest BCUT2D eigenvalue weighted by Gasteiger charge is 2.43. The first-order chi connectivity index (χ1) is 18.4. The van der Waals surface area contributed by atoms with Crippen LogP contribution >= 0.6 is 11.6 Å². The van der Waals surface area contributed by atoms with Crippen LogP contribution in [0.25, 0.3) is 0 Å². The number of alkyl halides is 3. The number of ether oxygens (including phenoxy) is 1. The number of carbonyl (C=O) groups excluding carboxylic acids is 2. The van der Waals surface area contributed by atoms with Crippen LogP contribution in [0.15, 0.2) is 46.7 Å². The Morgan fingerprint density at radius 1 is 1.10 bits per heavy atom. The number of piperazine rings is 1. The second-order valence-corrected chi connectivity index (χ2v) is 9.01. The standard InChI is InChI=1S/C24H20ClF6N5O3/c1-39-22(37)18-17(11-35-4-6-36(7-5-35)23(38)24(29,30)31)33-21(20-16(28)9-13(27)10-32-20)34-19(18)14-3-2-12(26)8-15(14)25/h2-3,8-10,19H,4-7,11H2,1H3,(H,33,34)/t19-/m0/s1. The number of halogens is 7. The molecule has 4 rings (SSSR count). The summed E-state index contributed by atoms with van der Waals surface area (Å²) in [7, 11) is 1.11. The summed E-state index contributed by atoms with van der Waals surface area (Å²) in [5.74, 6) is -5.68. The molecule has 1 N–H and O–H groups in total. The monoisotopic (exact) mass is 575 g/mol. The predicted octanol–water partition coefficient (Wildman–Crippen LogP) is 3.38. The van der Waals surface area contributed by atoms with Gasteiger partial charge in [0.25, 0.3) is 0 Å². The van der Waals surface area contributed by atoms with E-state index in [0.29, 0.717) is 11.0 Å². The molecular weight excluding hydrogens is 556 g/mol. The normalized spacial score (nSPS) is 18.5. The van der Waals surface area contributed by atoms with E-state index in [0.717, 1.165) is 25.4 Å². The fourth-order valence-corrected chi connectivity index (χ4v) is 4.51. The number of amidine groups is 1. The molecular formula is C24H20ClF6N5O3. The van der Waals surface area contributed by atoms with E-state index in [1.54, 1.807) is 4.90 Å². The van der Waals surface area contributed by atoms with Crippen molar-refractivity contribution in [3.8, 4) is 0 Å². The highest BCUT2D eigenvalue weighted by atomic mass is 35.5. The molecule has 0 saturated carbocycles. The van der Waals surface area contributed by atoms with Crippen LogP contribution in [0.2, 0.25) is 5.02 Å². The smallest absolute Gasteiger partial charge is 0.466 e. The molecule has 1 atom stereocenters. The van der Waals surface area contributed by atoms with E-state index >= 15 is 0 Å². The predicted molar refractivity (Wildman–Crippen MR) is 126 cm³/mol. The number of benzene rings is 1. The van der Waals surface area contributed by atoms with Gasteiger partial charge in [0.15, 0.2) is 11.7 Å². The van der Waals surface area contributed by atoms with Gasteiger partial charge in [-0.1, -0.05) is 17.7 Å². The number of nitrogens with one attached hydrogen (secondary N) is 1. The molecule has 1 saturated heterocycles. The van der Waals surface area contributed by atoms with E-state index in [1.807, 2.05) is 0 Å². The van der Waals surface area contributed by atoms with Gasteiger partial charge in [-0.25, -0.2) is 22.9 Å². The van der Waals surface area contributed by atoms with Gasteiger partial charge in [0.05, 0.1) is 18.9 Å². The lowest BCUT2D eigenvalue weighted by Gasteiger charge is -2.36. The summed E-state index contributed by atoms with van der Waals surface area (Å²) in [5, 5.41) is 2.72. The molecule has 0 bridgehead atoms. The first kappa shape index (κ1) is 28.4. The van der Waals surface area contributed by atoms with Gasteiger partial charge in [-0.05, 0) is 12.1 Å². The van der Waals surface area contributed by atoms with Gasteiger partial charge in [0, 0.05) is 55.1 Å². The fraction of sp³-hybridized carbons (Fsp3) is 0.333. The minimum absolute atomic E-state index is 0.0130. The number of hydrogen-bond donors (Lipinski definition) is 1. The largest absolute Gasteiger partial charge is 0.471 e. The molecule has 0 radical (unpaired) electrons. The molecule has 2 aromatic rings. The lowest BCUT2D eigenvalue weighted by Crippen LogP contribution is -2.53. The first-order valence-corrected chi connectivity index (χ1v) is 11.8. The van der Waals surface area contributed by atoms with Crippen LogP contribution in [0.1, 0.15) is 17.3 Å². The third-order valence-corrected chi connectivity index (χ3v) is 6.43. The molecule has 3 heterocycles. The van der Waals surface area contributed by atoms with E-state index in [-0.39, 0.29) is 66.1 Å². The lowest BCUT2D eigenvalue weighted by atomic mass is 9.94. The number of rotatable bonds is 5. The third kappa shape index (κ3) is 6.17. The summed E-state index contributed by atoms with van der Waals surface area (Å²) >= 11 is 6.26. The number of methoxy groups -OCH3 is 1. The van der Waals surface area contributed by atoms with Gasteiger partial charge in [-0.2, -0.15) is 13.2 Å². The zero-order valence-electron chi connectivity index (χ0n) is 20.2. The minimum atomic E-state index is -5.01. The maximum Gasteiger partial charge on any atom is 0.471 e. The second kappa shape index (κ2) is 11.2. The van der Waals surface area contributed by atoms with Gasteiger partial charge in [-0.3, -0.25) is 14.7 Å². The van der Waals surface area contributed by atoms with Crippen molar-refractivity contribution in [3.63, 3.8) is 0 Å². The van der Waals surface area contributed by atoms with E-state index in [1.165, 1.54) is 6.07 Å². The average Bonchev–Trinajstić information content (AvgIpc) is 2.87. The highest BCUT2D eigenvalue weighted by molar-refractivity contribution is 6.31. The molecule has 2 aliphatic rings. The number of esters is 1. The fourth-order valence-electron chi connectivity index (χ4n) is 4.24. The van der Waals surface area contributed by atoms with Gasteiger partial charge < -0.3 is 15.0 Å². The second-order valence-electron chi connectivity index (χ2n) is 8.60. The summed E-state index contributed by atoms with van der Waals surface area (Å²) < 4.78 is 85.4. The Balaban J connectivity index is 1.73. The van der Waals surface area contributed by atoms with Gasteiger partial charge in [0.1, 0.15) is 23.4 Å². The van der Waals surface area contributed by atoms with Crippen molar-refractivity contribution in [2.75, 3.05) is 39.8 Å². The van der Waals surface area contributed by atoms with Crippen molar-refractivity contribution in [2.45, 2.75) is 12.2 Å². The van der Waals surface area contributed by atoms with Crippen LogP contribution in [0, 0.1) is 17.5 Å². The molecule has 1 aromatic heterocycles. The van der Waals surface area contributed by atoms with Crippen molar-refractivity contribution in [1.82, 2.24) is 20.1 Å². The van der Waals surface area contributed by atoms with Gasteiger partial charge in [0.2, 0.25) is 0 Å². The maximum absolute atomic E-state index is 14.7. The number of nitrogens with zero attached hydrogens (tertiary/aromatic N) is 4. The average molecular weight is 576 g/mol. The van der Waals surface area contributed by atoms with E-state index < -0.39 is 41.5 Å². The van der Waals surface area contributed by atoms with E-state index in [2.05, 4.69) is 15.3 Å². The summed E-state index contributed by atoms with van der Waals surface area (Å²) in [6, 6.07) is 2.71. The molecule has 0 aliphatic carbocycles. The summed E-state index contributed by atoms with van der Waals surface area (Å²) in [5.41, 5.74) is -0.177. The Morgan fingerprint density at radius 3 is 2.38 bits per heavy atom. The number of pyridine rings is 1. The minimum Gasteiger partial charge on any atom is -0.466 e. The molecule has 208 valence electrons. The first-order valence-electron chi connectivity index (χ1n) is 11.4. The maximum atomic E-state index is 14.7. The SMILES string of the molecule is COC(=O)C1=C(CN2CCN(C(=O)C(F)(F)F)CC2)NC(c2ncc(F)cc2F)=N[C@H]1c1ccc(F)cc1Cl. The van der Waals surface area contributed by atoms with Crippen molar-refractivity contribution in [3.05, 3.63) is 75.5 Å². The number of aliphatic imine (C=N–C) groups is 1. The zero-order chi connectivity index (χ0) is 28.5. The molecule has 0 unspecified atom stereocenters. The molecule has 2 aliphatic heterocycles. The van der Waals surface area contributed by atoms with Crippen molar-refractivity contribution in [2.24, 2.45) is 4.99 Å². The van der Waals surface area contributed by atoms with Crippen LogP contribution in [0.3, 0.4) is 0 Å². The van der Waals surface area contributed by atoms with Gasteiger partial charge in [-0.15, -0.1) is 0 Å². The van der Waals surface area contributed by atoms with Gasteiger partial charge >= 0.3 is 18.1 Å². The molecule has 1 amide bonds. The van der Waals surface area contributed by atoms with E-state index in [9.17, 15) is 35.9 Å². The molecule has 1 aromatic carbocycles. The van der Waals surface area contributed by atoms with Crippen molar-refractivity contribution >= 4 is 29.3 Å². The molecule has 8 nitrogen and oxygen atoms in total. The quantitative estimate of drug-likeness (QED) is 0.435. The number of carbonyl (C=O) groups is 2. The van der Waals surface area contributed by atoms with E-state index in [4.69, 9.17) is 16.3 Å². The molecule has 15 heteroatoms. The highest BCUT2D eigenvalue weighted by Crippen LogP contribution is 2.37. The number of hydrogen-bond acceptors (Lipinski definition) is 7. The van der Waals surface area contributed by atoms with Crippen LogP contribution in [-0.2, 0) is 14.3 Å². The Kier molecular flexibility index (Phi) is 8.16. The number of aromatic nitrogens is 1. The molecule has 1 fully saturated rings. The summed E-state index contributed by atoms with van der Waals surface area (Å²) in [6.45, 7) is -0.531. The van der Waals surface area contributed by atoms with Crippen molar-refractivity contribution in [1.29, 1.82) is 0 Å². The number of amides is 1. The summed E-state index contributed by atoms with van der Waals surface area (Å²) in [4.78, 5) is 35.0. The van der Waals surface area contributed by atoms with Crippen molar-refractivity contribution < 1.29 is 40.7 Å². The summed E-state index contributed by atoms with van der Waals surface area (Å²) in [6.07, 6.45) is -4.24. The Hall–Kier alpha value is -3.65. The Labute approximate surface area is 222 Å². The zero-order valence-corrected chi connectivity index (χ0v) is 20.9. The van der Waals surface area contributed by atoms with Crippen LogP contribution < -0.4 is 5.32 Å². The Morgan fingerprint density at radius 2 is 1.79 bits per heavy atom. The third-order valence-electron chi connectivity index (χ3n) is 6.10. The van der Waals surface area contributed by atoms with Crippen LogP contribution in [0.5, 0.6) is 0 Å². The molecule has 39 heavy (non-hydrogen) atoms. The lowest BCUT2D eigenvalue weighted by molar-refractivity contribution is -0.186. The molecule has 0 spiro atoms. The Bertz CT molecular complexity index is 1360. The van der Waals surface area contributed by atoms with Crippen LogP contribution in [-0.4, -0.2) is 78.5 Å². The van der Waals surface area contributed by atoms with Crippen LogP contribution in [0.4, 0.5) is 26.3 Å². The topological polar surface area (TPSA) is 87.1 Å².